The molecule has 0 aliphatic rings. The molecule has 0 saturated carbocycles. The number of sulfonamides is 1. The smallest absolute Gasteiger partial charge is 0.244 e. The van der Waals surface area contributed by atoms with Crippen LogP contribution in [0.2, 0.25) is 10.0 Å². The molecule has 2 amide bonds. The Morgan fingerprint density at radius 3 is 2.06 bits per heavy atom. The molecule has 0 aliphatic carbocycles. The molecule has 2 aromatic carbocycles. The summed E-state index contributed by atoms with van der Waals surface area (Å²) < 4.78 is 27.0. The highest BCUT2D eigenvalue weighted by molar-refractivity contribution is 14.1. The molecule has 2 aromatic rings. The monoisotopic (exact) mass is 625 g/mol. The van der Waals surface area contributed by atoms with Gasteiger partial charge in [-0.1, -0.05) is 29.3 Å². The molecule has 180 valence electrons. The van der Waals surface area contributed by atoms with Crippen LogP contribution in [0.15, 0.2) is 42.5 Å². The Hall–Kier alpha value is -1.56. The van der Waals surface area contributed by atoms with Gasteiger partial charge in [0.1, 0.15) is 12.6 Å². The van der Waals surface area contributed by atoms with Crippen molar-refractivity contribution in [3.8, 4) is 0 Å². The summed E-state index contributed by atoms with van der Waals surface area (Å²) in [6.07, 6.45) is 1.03. The number of hydrogen-bond acceptors (Lipinski definition) is 4. The van der Waals surface area contributed by atoms with Crippen molar-refractivity contribution in [1.82, 2.24) is 10.2 Å². The van der Waals surface area contributed by atoms with Crippen LogP contribution in [-0.2, 0) is 26.2 Å². The van der Waals surface area contributed by atoms with Gasteiger partial charge in [-0.05, 0) is 79.8 Å². The molecule has 0 radical (unpaired) electrons. The quantitative estimate of drug-likeness (QED) is 0.421. The fraction of sp³-hybridized carbons (Fsp3) is 0.364. The van der Waals surface area contributed by atoms with Gasteiger partial charge in [0.15, 0.2) is 0 Å². The first-order valence-corrected chi connectivity index (χ1v) is 13.8. The second-order valence-electron chi connectivity index (χ2n) is 7.81. The van der Waals surface area contributed by atoms with E-state index >= 15 is 0 Å². The summed E-state index contributed by atoms with van der Waals surface area (Å²) in [4.78, 5) is 27.5. The Balaban J connectivity index is 2.44. The van der Waals surface area contributed by atoms with E-state index in [9.17, 15) is 18.0 Å². The molecule has 1 N–H and O–H groups in total. The summed E-state index contributed by atoms with van der Waals surface area (Å²) in [5.74, 6) is -0.942. The summed E-state index contributed by atoms with van der Waals surface area (Å²) in [5, 5.41) is 3.47. The Morgan fingerprint density at radius 2 is 1.58 bits per heavy atom. The molecule has 0 fully saturated rings. The molecule has 1 atom stereocenters. The standard InChI is InChI=1S/C22H26Cl2IN3O4S/c1-14(2)26-22(30)15(3)27(12-18-19(23)6-5-7-20(18)24)21(29)13-28(33(4,31)32)17-10-8-16(25)9-11-17/h5-11,14-15H,12-13H2,1-4H3,(H,26,30)/t15-/m0/s1. The van der Waals surface area contributed by atoms with E-state index in [-0.39, 0.29) is 18.5 Å². The molecule has 33 heavy (non-hydrogen) atoms. The van der Waals surface area contributed by atoms with Crippen LogP contribution in [0.25, 0.3) is 0 Å². The van der Waals surface area contributed by atoms with E-state index in [0.29, 0.717) is 21.3 Å². The highest BCUT2D eigenvalue weighted by Crippen LogP contribution is 2.27. The summed E-state index contributed by atoms with van der Waals surface area (Å²) in [6, 6.07) is 10.7. The largest absolute Gasteiger partial charge is 0.352 e. The molecule has 0 aliphatic heterocycles. The molecular formula is C22H26Cl2IN3O4S. The lowest BCUT2D eigenvalue weighted by atomic mass is 10.1. The highest BCUT2D eigenvalue weighted by Gasteiger charge is 2.31. The SMILES string of the molecule is CC(C)NC(=O)[C@H](C)N(Cc1c(Cl)cccc1Cl)C(=O)CN(c1ccc(I)cc1)S(C)(=O)=O. The van der Waals surface area contributed by atoms with Crippen molar-refractivity contribution >= 4 is 73.3 Å². The van der Waals surface area contributed by atoms with Crippen LogP contribution < -0.4 is 9.62 Å². The van der Waals surface area contributed by atoms with Crippen LogP contribution in [0.3, 0.4) is 0 Å². The maximum Gasteiger partial charge on any atom is 0.244 e. The van der Waals surface area contributed by atoms with Crippen LogP contribution >= 0.6 is 45.8 Å². The predicted octanol–water partition coefficient (Wildman–Crippen LogP) is 4.31. The Kier molecular flexibility index (Phi) is 9.83. The summed E-state index contributed by atoms with van der Waals surface area (Å²) >= 11 is 14.7. The predicted molar refractivity (Wildman–Crippen MR) is 141 cm³/mol. The molecule has 11 heteroatoms. The molecule has 0 saturated heterocycles. The van der Waals surface area contributed by atoms with E-state index in [2.05, 4.69) is 27.9 Å². The van der Waals surface area contributed by atoms with Gasteiger partial charge in [-0.3, -0.25) is 13.9 Å². The number of amides is 2. The van der Waals surface area contributed by atoms with Crippen LogP contribution in [0.1, 0.15) is 26.3 Å². The summed E-state index contributed by atoms with van der Waals surface area (Å²) in [7, 11) is -3.78. The summed E-state index contributed by atoms with van der Waals surface area (Å²) in [6.45, 7) is 4.65. The first kappa shape index (κ1) is 27.7. The molecule has 7 nitrogen and oxygen atoms in total. The molecule has 0 spiro atoms. The lowest BCUT2D eigenvalue weighted by Gasteiger charge is -2.32. The molecular weight excluding hydrogens is 600 g/mol. The number of anilines is 1. The average Bonchev–Trinajstić information content (AvgIpc) is 2.70. The van der Waals surface area contributed by atoms with Crippen molar-refractivity contribution in [2.24, 2.45) is 0 Å². The molecule has 0 aromatic heterocycles. The van der Waals surface area contributed by atoms with Crippen molar-refractivity contribution in [3.63, 3.8) is 0 Å². The number of nitrogens with zero attached hydrogens (tertiary/aromatic N) is 2. The first-order valence-electron chi connectivity index (χ1n) is 10.1. The van der Waals surface area contributed by atoms with Crippen molar-refractivity contribution in [3.05, 3.63) is 61.6 Å². The van der Waals surface area contributed by atoms with Gasteiger partial charge >= 0.3 is 0 Å². The van der Waals surface area contributed by atoms with Crippen molar-refractivity contribution in [1.29, 1.82) is 0 Å². The molecule has 0 heterocycles. The fourth-order valence-electron chi connectivity index (χ4n) is 3.06. The molecule has 2 rings (SSSR count). The maximum absolute atomic E-state index is 13.5. The molecule has 0 unspecified atom stereocenters. The number of hydrogen-bond donors (Lipinski definition) is 1. The zero-order valence-electron chi connectivity index (χ0n) is 18.7. The third-order valence-electron chi connectivity index (χ3n) is 4.78. The van der Waals surface area contributed by atoms with Gasteiger partial charge in [0.2, 0.25) is 21.8 Å². The van der Waals surface area contributed by atoms with Crippen LogP contribution in [0.5, 0.6) is 0 Å². The van der Waals surface area contributed by atoms with E-state index in [1.165, 1.54) is 4.90 Å². The average molecular weight is 626 g/mol. The van der Waals surface area contributed by atoms with Gasteiger partial charge in [-0.15, -0.1) is 0 Å². The minimum Gasteiger partial charge on any atom is -0.352 e. The van der Waals surface area contributed by atoms with Crippen LogP contribution in [-0.4, -0.2) is 50.0 Å². The van der Waals surface area contributed by atoms with E-state index in [4.69, 9.17) is 23.2 Å². The summed E-state index contributed by atoms with van der Waals surface area (Å²) in [5.41, 5.74) is 0.819. The maximum atomic E-state index is 13.5. The van der Waals surface area contributed by atoms with Gasteiger partial charge in [0.05, 0.1) is 11.9 Å². The topological polar surface area (TPSA) is 86.8 Å². The second-order valence-corrected chi connectivity index (χ2v) is 11.8. The Bertz CT molecular complexity index is 1090. The third kappa shape index (κ3) is 7.73. The van der Waals surface area contributed by atoms with E-state index in [1.54, 1.807) is 49.4 Å². The van der Waals surface area contributed by atoms with Crippen molar-refractivity contribution < 1.29 is 18.0 Å². The highest BCUT2D eigenvalue weighted by atomic mass is 127. The lowest BCUT2D eigenvalue weighted by Crippen LogP contribution is -2.52. The van der Waals surface area contributed by atoms with Crippen molar-refractivity contribution in [2.45, 2.75) is 39.4 Å². The number of benzene rings is 2. The van der Waals surface area contributed by atoms with E-state index < -0.39 is 28.5 Å². The van der Waals surface area contributed by atoms with Gasteiger partial charge in [-0.25, -0.2) is 8.42 Å². The van der Waals surface area contributed by atoms with Crippen LogP contribution in [0, 0.1) is 3.57 Å². The number of carbonyl (C=O) groups excluding carboxylic acids is 2. The third-order valence-corrected chi connectivity index (χ3v) is 7.35. The van der Waals surface area contributed by atoms with Crippen molar-refractivity contribution in [2.75, 3.05) is 17.1 Å². The van der Waals surface area contributed by atoms with Gasteiger partial charge < -0.3 is 10.2 Å². The molecule has 0 bridgehead atoms. The van der Waals surface area contributed by atoms with Crippen LogP contribution in [0.4, 0.5) is 5.69 Å². The normalized spacial score (nSPS) is 12.4. The van der Waals surface area contributed by atoms with E-state index in [0.717, 1.165) is 14.1 Å². The number of nitrogens with one attached hydrogen (secondary N) is 1. The lowest BCUT2D eigenvalue weighted by molar-refractivity contribution is -0.139. The van der Waals surface area contributed by atoms with Gasteiger partial charge in [-0.2, -0.15) is 0 Å². The number of halogens is 3. The van der Waals surface area contributed by atoms with E-state index in [1.807, 2.05) is 13.8 Å². The van der Waals surface area contributed by atoms with Gasteiger partial charge in [0, 0.05) is 31.8 Å². The number of rotatable bonds is 9. The zero-order valence-corrected chi connectivity index (χ0v) is 23.2. The second kappa shape index (κ2) is 11.7. The number of carbonyl (C=O) groups is 2. The first-order chi connectivity index (χ1) is 15.3. The minimum atomic E-state index is -3.78. The Morgan fingerprint density at radius 1 is 1.03 bits per heavy atom. The minimum absolute atomic E-state index is 0.0612. The Labute approximate surface area is 218 Å². The zero-order chi connectivity index (χ0) is 24.9. The fourth-order valence-corrected chi connectivity index (χ4v) is 4.79. The van der Waals surface area contributed by atoms with Gasteiger partial charge in [0.25, 0.3) is 0 Å².